The van der Waals surface area contributed by atoms with E-state index in [2.05, 4.69) is 15.1 Å². The van der Waals surface area contributed by atoms with E-state index in [0.29, 0.717) is 36.1 Å². The van der Waals surface area contributed by atoms with Crippen LogP contribution in [0.25, 0.3) is 21.6 Å². The second kappa shape index (κ2) is 6.72. The minimum absolute atomic E-state index is 0.0102. The summed E-state index contributed by atoms with van der Waals surface area (Å²) in [5.41, 5.74) is 4.16. The molecule has 2 aromatic heterocycles. The fourth-order valence-corrected chi connectivity index (χ4v) is 4.03. The first-order chi connectivity index (χ1) is 13.7. The predicted octanol–water partition coefficient (Wildman–Crippen LogP) is 3.59. The van der Waals surface area contributed by atoms with Crippen molar-refractivity contribution in [3.05, 3.63) is 59.4 Å². The molecule has 1 amide bonds. The van der Waals surface area contributed by atoms with Gasteiger partial charge in [-0.1, -0.05) is 17.3 Å². The van der Waals surface area contributed by atoms with Crippen LogP contribution in [0, 0.1) is 0 Å². The highest BCUT2D eigenvalue weighted by atomic mass is 32.1. The van der Waals surface area contributed by atoms with Crippen LogP contribution in [0.4, 0.5) is 0 Å². The van der Waals surface area contributed by atoms with Crippen molar-refractivity contribution in [3.8, 4) is 17.1 Å². The number of aromatic nitrogens is 3. The van der Waals surface area contributed by atoms with E-state index in [1.807, 2.05) is 42.5 Å². The summed E-state index contributed by atoms with van der Waals surface area (Å²) in [5, 5.41) is 4.08. The van der Waals surface area contributed by atoms with Gasteiger partial charge in [-0.15, -0.1) is 11.3 Å². The van der Waals surface area contributed by atoms with Crippen LogP contribution in [0.1, 0.15) is 22.2 Å². The molecule has 0 bridgehead atoms. The molecule has 0 N–H and O–H groups in total. The maximum atomic E-state index is 12.7. The Labute approximate surface area is 164 Å². The van der Waals surface area contributed by atoms with E-state index in [4.69, 9.17) is 9.26 Å². The molecule has 0 unspecified atom stereocenters. The summed E-state index contributed by atoms with van der Waals surface area (Å²) < 4.78 is 11.8. The smallest absolute Gasteiger partial charge is 0.253 e. The molecule has 1 aliphatic heterocycles. The van der Waals surface area contributed by atoms with Crippen LogP contribution in [-0.4, -0.2) is 46.1 Å². The molecule has 140 valence electrons. The van der Waals surface area contributed by atoms with Gasteiger partial charge in [-0.05, 0) is 30.3 Å². The van der Waals surface area contributed by atoms with Crippen molar-refractivity contribution in [1.29, 1.82) is 0 Å². The molecule has 0 spiro atoms. The topological polar surface area (TPSA) is 81.4 Å². The Morgan fingerprint density at radius 2 is 2.11 bits per heavy atom. The average molecular weight is 392 g/mol. The number of nitrogens with zero attached hydrogens (tertiary/aromatic N) is 4. The molecule has 28 heavy (non-hydrogen) atoms. The lowest BCUT2D eigenvalue weighted by atomic mass is 9.98. The van der Waals surface area contributed by atoms with Crippen LogP contribution in [0.3, 0.4) is 0 Å². The molecule has 1 saturated heterocycles. The number of methoxy groups -OCH3 is 1. The Morgan fingerprint density at radius 1 is 1.25 bits per heavy atom. The second-order valence-electron chi connectivity index (χ2n) is 6.60. The van der Waals surface area contributed by atoms with Crippen molar-refractivity contribution < 1.29 is 14.1 Å². The number of benzene rings is 2. The number of hydrogen-bond acceptors (Lipinski definition) is 7. The first-order valence-corrected chi connectivity index (χ1v) is 9.70. The van der Waals surface area contributed by atoms with Gasteiger partial charge >= 0.3 is 0 Å². The minimum Gasteiger partial charge on any atom is -0.496 e. The molecular formula is C20H16N4O3S. The molecule has 0 radical (unpaired) electrons. The number of fused-ring (bicyclic) bond motifs is 1. The van der Waals surface area contributed by atoms with Crippen molar-refractivity contribution in [2.75, 3.05) is 20.2 Å². The number of para-hydroxylation sites is 1. The Hall–Kier alpha value is -3.26. The van der Waals surface area contributed by atoms with E-state index >= 15 is 0 Å². The van der Waals surface area contributed by atoms with Gasteiger partial charge in [-0.25, -0.2) is 4.98 Å². The fourth-order valence-electron chi connectivity index (χ4n) is 3.31. The monoisotopic (exact) mass is 392 g/mol. The summed E-state index contributed by atoms with van der Waals surface area (Å²) in [4.78, 5) is 23.3. The molecule has 3 heterocycles. The quantitative estimate of drug-likeness (QED) is 0.528. The van der Waals surface area contributed by atoms with Crippen molar-refractivity contribution in [3.63, 3.8) is 0 Å². The largest absolute Gasteiger partial charge is 0.496 e. The summed E-state index contributed by atoms with van der Waals surface area (Å²) in [7, 11) is 1.61. The summed E-state index contributed by atoms with van der Waals surface area (Å²) in [6, 6.07) is 13.1. The number of likely N-dealkylation sites (tertiary alicyclic amines) is 1. The van der Waals surface area contributed by atoms with Gasteiger partial charge in [0, 0.05) is 18.7 Å². The van der Waals surface area contributed by atoms with E-state index in [1.165, 1.54) is 11.3 Å². The fraction of sp³-hybridized carbons (Fsp3) is 0.200. The van der Waals surface area contributed by atoms with E-state index in [9.17, 15) is 4.79 Å². The summed E-state index contributed by atoms with van der Waals surface area (Å²) in [6.07, 6.45) is 0. The summed E-state index contributed by atoms with van der Waals surface area (Å²) in [6.45, 7) is 1.13. The van der Waals surface area contributed by atoms with Gasteiger partial charge in [0.1, 0.15) is 5.75 Å². The Morgan fingerprint density at radius 3 is 2.96 bits per heavy atom. The Kier molecular flexibility index (Phi) is 4.05. The molecule has 8 heteroatoms. The van der Waals surface area contributed by atoms with Gasteiger partial charge in [0.2, 0.25) is 11.7 Å². The van der Waals surface area contributed by atoms with Gasteiger partial charge < -0.3 is 14.2 Å². The van der Waals surface area contributed by atoms with Crippen LogP contribution in [0.5, 0.6) is 5.75 Å². The number of ether oxygens (including phenoxy) is 1. The number of rotatable bonds is 4. The van der Waals surface area contributed by atoms with E-state index < -0.39 is 0 Å². The highest BCUT2D eigenvalue weighted by molar-refractivity contribution is 7.16. The number of hydrogen-bond donors (Lipinski definition) is 0. The van der Waals surface area contributed by atoms with Gasteiger partial charge in [-0.2, -0.15) is 4.98 Å². The normalized spacial score (nSPS) is 14.2. The van der Waals surface area contributed by atoms with E-state index in [-0.39, 0.29) is 11.8 Å². The molecule has 7 nitrogen and oxygen atoms in total. The van der Waals surface area contributed by atoms with Crippen LogP contribution < -0.4 is 4.74 Å². The van der Waals surface area contributed by atoms with Crippen molar-refractivity contribution in [2.45, 2.75) is 5.92 Å². The van der Waals surface area contributed by atoms with Crippen molar-refractivity contribution >= 4 is 27.5 Å². The van der Waals surface area contributed by atoms with Gasteiger partial charge in [-0.3, -0.25) is 4.79 Å². The lowest BCUT2D eigenvalue weighted by Crippen LogP contribution is -2.48. The van der Waals surface area contributed by atoms with Gasteiger partial charge in [0.25, 0.3) is 5.91 Å². The van der Waals surface area contributed by atoms with Crippen molar-refractivity contribution in [1.82, 2.24) is 20.0 Å². The molecule has 1 aliphatic rings. The Bertz CT molecular complexity index is 1160. The molecular weight excluding hydrogens is 376 g/mol. The zero-order chi connectivity index (χ0) is 19.1. The predicted molar refractivity (Wildman–Crippen MR) is 105 cm³/mol. The zero-order valence-electron chi connectivity index (χ0n) is 15.0. The van der Waals surface area contributed by atoms with Crippen LogP contribution in [0.15, 0.2) is 52.5 Å². The third-order valence-corrected chi connectivity index (χ3v) is 5.68. The average Bonchev–Trinajstić information content (AvgIpc) is 3.35. The maximum absolute atomic E-state index is 12.7. The summed E-state index contributed by atoms with van der Waals surface area (Å²) >= 11 is 1.53. The molecule has 5 rings (SSSR count). The number of amides is 1. The minimum atomic E-state index is 0.0102. The first kappa shape index (κ1) is 16.9. The molecule has 0 saturated carbocycles. The third-order valence-electron chi connectivity index (χ3n) is 4.89. The van der Waals surface area contributed by atoms with E-state index in [1.54, 1.807) is 17.5 Å². The van der Waals surface area contributed by atoms with Gasteiger partial charge in [0.15, 0.2) is 0 Å². The maximum Gasteiger partial charge on any atom is 0.253 e. The first-order valence-electron chi connectivity index (χ1n) is 8.82. The SMILES string of the molecule is COc1ccccc1-c1noc(C2CN(C(=O)c3ccc4ncsc4c3)C2)n1. The summed E-state index contributed by atoms with van der Waals surface area (Å²) in [5.74, 6) is 1.79. The molecule has 1 fully saturated rings. The highest BCUT2D eigenvalue weighted by Gasteiger charge is 2.36. The zero-order valence-corrected chi connectivity index (χ0v) is 15.8. The Balaban J connectivity index is 1.29. The number of thiazole rings is 1. The number of carbonyl (C=O) groups excluding carboxylic acids is 1. The molecule has 0 aliphatic carbocycles. The van der Waals surface area contributed by atoms with Crippen LogP contribution in [-0.2, 0) is 0 Å². The van der Waals surface area contributed by atoms with Crippen LogP contribution >= 0.6 is 11.3 Å². The molecule has 4 aromatic rings. The second-order valence-corrected chi connectivity index (χ2v) is 7.48. The van der Waals surface area contributed by atoms with E-state index in [0.717, 1.165) is 15.8 Å². The lowest BCUT2D eigenvalue weighted by Gasteiger charge is -2.37. The molecule has 2 aromatic carbocycles. The number of carbonyl (C=O) groups is 1. The third kappa shape index (κ3) is 2.82. The highest BCUT2D eigenvalue weighted by Crippen LogP contribution is 2.32. The standard InChI is InChI=1S/C20H16N4O3S/c1-26-16-5-3-2-4-14(16)18-22-19(27-23-18)13-9-24(10-13)20(25)12-6-7-15-17(8-12)28-11-21-15/h2-8,11,13H,9-10H2,1H3. The van der Waals surface area contributed by atoms with Crippen molar-refractivity contribution in [2.24, 2.45) is 0 Å². The lowest BCUT2D eigenvalue weighted by molar-refractivity contribution is 0.0569. The van der Waals surface area contributed by atoms with Crippen LogP contribution in [0.2, 0.25) is 0 Å². The molecule has 0 atom stereocenters. The van der Waals surface area contributed by atoms with Gasteiger partial charge in [0.05, 0.1) is 34.3 Å².